The Morgan fingerprint density at radius 2 is 2.23 bits per heavy atom. The van der Waals surface area contributed by atoms with Gasteiger partial charge in [0, 0.05) is 26.2 Å². The van der Waals surface area contributed by atoms with Crippen molar-refractivity contribution in [1.82, 2.24) is 25.2 Å². The van der Waals surface area contributed by atoms with Crippen molar-refractivity contribution in [2.45, 2.75) is 52.2 Å². The van der Waals surface area contributed by atoms with Gasteiger partial charge in [-0.2, -0.15) is 0 Å². The van der Waals surface area contributed by atoms with Crippen molar-refractivity contribution >= 4 is 6.03 Å². The first-order valence-electron chi connectivity index (χ1n) is 8.21. The number of urea groups is 1. The molecule has 2 amide bonds. The molecular weight excluding hydrogens is 282 g/mol. The van der Waals surface area contributed by atoms with Crippen molar-refractivity contribution in [1.29, 1.82) is 0 Å². The van der Waals surface area contributed by atoms with Gasteiger partial charge in [0.25, 0.3) is 0 Å². The molecule has 0 aliphatic carbocycles. The third-order valence-electron chi connectivity index (χ3n) is 4.14. The maximum atomic E-state index is 12.0. The van der Waals surface area contributed by atoms with E-state index in [1.807, 2.05) is 4.90 Å². The number of amides is 2. The molecule has 1 saturated heterocycles. The van der Waals surface area contributed by atoms with E-state index in [4.69, 9.17) is 0 Å². The van der Waals surface area contributed by atoms with Gasteiger partial charge in [-0.3, -0.25) is 4.68 Å². The number of hydrogen-bond donors (Lipinski definition) is 2. The predicted octanol–water partition coefficient (Wildman–Crippen LogP) is 1.55. The van der Waals surface area contributed by atoms with Crippen molar-refractivity contribution < 1.29 is 9.90 Å². The average molecular weight is 309 g/mol. The van der Waals surface area contributed by atoms with Gasteiger partial charge in [-0.1, -0.05) is 18.6 Å². The molecule has 124 valence electrons. The summed E-state index contributed by atoms with van der Waals surface area (Å²) in [6, 6.07) is 0.0593. The zero-order valence-electron chi connectivity index (χ0n) is 13.5. The van der Waals surface area contributed by atoms with Crippen LogP contribution in [0.3, 0.4) is 0 Å². The molecule has 2 N–H and O–H groups in total. The van der Waals surface area contributed by atoms with E-state index in [9.17, 15) is 9.90 Å². The third-order valence-corrected chi connectivity index (χ3v) is 4.14. The summed E-state index contributed by atoms with van der Waals surface area (Å²) in [4.78, 5) is 13.9. The topological polar surface area (TPSA) is 83.3 Å². The standard InChI is InChI=1S/C15H27N5O2/c1-3-4-7-16-15(22)19-8-5-13(6-9-19)10-20-11-14(12(2)21)17-18-20/h11-13,21H,3-10H2,1-2H3,(H,16,22)/t12-/m1/s1. The van der Waals surface area contributed by atoms with Crippen LogP contribution in [0.5, 0.6) is 0 Å². The first-order chi connectivity index (χ1) is 10.6. The summed E-state index contributed by atoms with van der Waals surface area (Å²) in [5.74, 6) is 0.503. The average Bonchev–Trinajstić information content (AvgIpc) is 2.97. The largest absolute Gasteiger partial charge is 0.387 e. The molecule has 0 unspecified atom stereocenters. The SMILES string of the molecule is CCCCNC(=O)N1CCC(Cn2cc([C@@H](C)O)nn2)CC1. The predicted molar refractivity (Wildman–Crippen MR) is 83.3 cm³/mol. The Morgan fingerprint density at radius 3 is 2.82 bits per heavy atom. The summed E-state index contributed by atoms with van der Waals surface area (Å²) in [5, 5.41) is 20.4. The molecule has 0 spiro atoms. The van der Waals surface area contributed by atoms with Gasteiger partial charge in [0.05, 0.1) is 12.3 Å². The fourth-order valence-electron chi connectivity index (χ4n) is 2.66. The van der Waals surface area contributed by atoms with Crippen LogP contribution in [0, 0.1) is 5.92 Å². The minimum absolute atomic E-state index is 0.0593. The van der Waals surface area contributed by atoms with Crippen LogP contribution in [0.2, 0.25) is 0 Å². The smallest absolute Gasteiger partial charge is 0.317 e. The minimum Gasteiger partial charge on any atom is -0.387 e. The second-order valence-electron chi connectivity index (χ2n) is 6.06. The second kappa shape index (κ2) is 8.12. The van der Waals surface area contributed by atoms with Crippen LogP contribution < -0.4 is 5.32 Å². The Bertz CT molecular complexity index is 466. The van der Waals surface area contributed by atoms with Crippen LogP contribution in [0.15, 0.2) is 6.20 Å². The molecule has 0 saturated carbocycles. The summed E-state index contributed by atoms with van der Waals surface area (Å²) in [5.41, 5.74) is 0.604. The number of carbonyl (C=O) groups excluding carboxylic acids is 1. The number of aliphatic hydroxyl groups excluding tert-OH is 1. The summed E-state index contributed by atoms with van der Waals surface area (Å²) in [6.45, 7) is 6.94. The lowest BCUT2D eigenvalue weighted by atomic mass is 9.97. The van der Waals surface area contributed by atoms with E-state index < -0.39 is 6.10 Å². The van der Waals surface area contributed by atoms with Crippen LogP contribution in [0.25, 0.3) is 0 Å². The van der Waals surface area contributed by atoms with Gasteiger partial charge in [0.15, 0.2) is 0 Å². The van der Waals surface area contributed by atoms with Crippen molar-refractivity contribution in [3.05, 3.63) is 11.9 Å². The number of nitrogens with zero attached hydrogens (tertiary/aromatic N) is 4. The number of carbonyl (C=O) groups is 1. The van der Waals surface area contributed by atoms with Crippen LogP contribution in [-0.4, -0.2) is 50.7 Å². The summed E-state index contributed by atoms with van der Waals surface area (Å²) < 4.78 is 1.80. The lowest BCUT2D eigenvalue weighted by Gasteiger charge is -2.31. The molecule has 22 heavy (non-hydrogen) atoms. The molecule has 1 aliphatic heterocycles. The highest BCUT2D eigenvalue weighted by molar-refractivity contribution is 5.74. The van der Waals surface area contributed by atoms with Crippen molar-refractivity contribution in [3.8, 4) is 0 Å². The molecule has 7 nitrogen and oxygen atoms in total. The number of aromatic nitrogens is 3. The zero-order chi connectivity index (χ0) is 15.9. The number of nitrogens with one attached hydrogen (secondary N) is 1. The lowest BCUT2D eigenvalue weighted by molar-refractivity contribution is 0.164. The molecule has 7 heteroatoms. The Labute approximate surface area is 131 Å². The Balaban J connectivity index is 1.73. The molecule has 0 aromatic carbocycles. The van der Waals surface area contributed by atoms with Crippen LogP contribution in [0.1, 0.15) is 51.3 Å². The van der Waals surface area contributed by atoms with Crippen molar-refractivity contribution in [2.24, 2.45) is 5.92 Å². The van der Waals surface area contributed by atoms with E-state index in [0.717, 1.165) is 51.9 Å². The van der Waals surface area contributed by atoms with Gasteiger partial charge in [-0.05, 0) is 32.1 Å². The first-order valence-corrected chi connectivity index (χ1v) is 8.21. The highest BCUT2D eigenvalue weighted by atomic mass is 16.3. The Kier molecular flexibility index (Phi) is 6.18. The van der Waals surface area contributed by atoms with Crippen LogP contribution >= 0.6 is 0 Å². The number of aliphatic hydroxyl groups is 1. The molecule has 1 aromatic rings. The Hall–Kier alpha value is -1.63. The van der Waals surface area contributed by atoms with Gasteiger partial charge >= 0.3 is 6.03 Å². The van der Waals surface area contributed by atoms with Gasteiger partial charge in [0.1, 0.15) is 5.69 Å². The normalized spacial score (nSPS) is 17.5. The zero-order valence-corrected chi connectivity index (χ0v) is 13.5. The van der Waals surface area contributed by atoms with E-state index in [1.165, 1.54) is 0 Å². The molecular formula is C15H27N5O2. The number of hydrogen-bond acceptors (Lipinski definition) is 4. The van der Waals surface area contributed by atoms with Gasteiger partial charge in [-0.15, -0.1) is 5.10 Å². The first kappa shape index (κ1) is 16.7. The maximum Gasteiger partial charge on any atom is 0.317 e. The van der Waals surface area contributed by atoms with Gasteiger partial charge in [0.2, 0.25) is 0 Å². The van der Waals surface area contributed by atoms with Gasteiger partial charge < -0.3 is 15.3 Å². The van der Waals surface area contributed by atoms with Crippen LogP contribution in [-0.2, 0) is 6.54 Å². The number of unbranched alkanes of at least 4 members (excludes halogenated alkanes) is 1. The highest BCUT2D eigenvalue weighted by Crippen LogP contribution is 2.19. The van der Waals surface area contributed by atoms with E-state index in [1.54, 1.807) is 17.8 Å². The summed E-state index contributed by atoms with van der Waals surface area (Å²) in [7, 11) is 0. The molecule has 1 aliphatic rings. The highest BCUT2D eigenvalue weighted by Gasteiger charge is 2.23. The maximum absolute atomic E-state index is 12.0. The molecule has 1 aromatic heterocycles. The third kappa shape index (κ3) is 4.69. The molecule has 1 atom stereocenters. The fourth-order valence-corrected chi connectivity index (χ4v) is 2.66. The van der Waals surface area contributed by atoms with E-state index in [2.05, 4.69) is 22.6 Å². The number of piperidine rings is 1. The number of rotatable bonds is 6. The molecule has 2 rings (SSSR count). The molecule has 2 heterocycles. The van der Waals surface area contributed by atoms with Crippen molar-refractivity contribution in [3.63, 3.8) is 0 Å². The fraction of sp³-hybridized carbons (Fsp3) is 0.800. The van der Waals surface area contributed by atoms with Crippen molar-refractivity contribution in [2.75, 3.05) is 19.6 Å². The monoisotopic (exact) mass is 309 g/mol. The van der Waals surface area contributed by atoms with E-state index in [0.29, 0.717) is 11.6 Å². The van der Waals surface area contributed by atoms with E-state index in [-0.39, 0.29) is 6.03 Å². The summed E-state index contributed by atoms with van der Waals surface area (Å²) >= 11 is 0. The molecule has 1 fully saturated rings. The molecule has 0 bridgehead atoms. The summed E-state index contributed by atoms with van der Waals surface area (Å²) in [6.07, 6.45) is 5.29. The van der Waals surface area contributed by atoms with Crippen LogP contribution in [0.4, 0.5) is 4.79 Å². The minimum atomic E-state index is -0.581. The molecule has 0 radical (unpaired) electrons. The lowest BCUT2D eigenvalue weighted by Crippen LogP contribution is -2.45. The van der Waals surface area contributed by atoms with Gasteiger partial charge in [-0.25, -0.2) is 4.79 Å². The van der Waals surface area contributed by atoms with E-state index >= 15 is 0 Å². The quantitative estimate of drug-likeness (QED) is 0.781. The number of likely N-dealkylation sites (tertiary alicyclic amines) is 1. The Morgan fingerprint density at radius 1 is 1.50 bits per heavy atom. The second-order valence-corrected chi connectivity index (χ2v) is 6.06.